The van der Waals surface area contributed by atoms with Crippen LogP contribution in [0.4, 0.5) is 5.95 Å². The van der Waals surface area contributed by atoms with Crippen molar-refractivity contribution in [2.45, 2.75) is 20.3 Å². The first-order chi connectivity index (χ1) is 8.30. The molecule has 0 radical (unpaired) electrons. The van der Waals surface area contributed by atoms with E-state index < -0.39 is 0 Å². The van der Waals surface area contributed by atoms with Crippen LogP contribution in [0.3, 0.4) is 0 Å². The predicted octanol–water partition coefficient (Wildman–Crippen LogP) is 1.66. The van der Waals surface area contributed by atoms with E-state index in [1.54, 1.807) is 6.08 Å². The van der Waals surface area contributed by atoms with Crippen LogP contribution in [0.1, 0.15) is 20.3 Å². The van der Waals surface area contributed by atoms with Crippen molar-refractivity contribution in [2.24, 2.45) is 0 Å². The van der Waals surface area contributed by atoms with E-state index in [2.05, 4.69) is 33.8 Å². The molecule has 1 N–H and O–H groups in total. The molecule has 1 rings (SSSR count). The maximum atomic E-state index is 5.26. The zero-order chi connectivity index (χ0) is 12.5. The molecule has 1 aromatic rings. The van der Waals surface area contributed by atoms with Gasteiger partial charge < -0.3 is 14.8 Å². The second kappa shape index (κ2) is 7.43. The highest BCUT2D eigenvalue weighted by atomic mass is 16.5. The molecule has 0 fully saturated rings. The predicted molar refractivity (Wildman–Crippen MR) is 65.5 cm³/mol. The van der Waals surface area contributed by atoms with Crippen molar-refractivity contribution < 1.29 is 9.47 Å². The Hall–Kier alpha value is -1.85. The third-order valence-corrected chi connectivity index (χ3v) is 1.73. The largest absolute Gasteiger partial charge is 0.464 e. The third kappa shape index (κ3) is 4.67. The van der Waals surface area contributed by atoms with Gasteiger partial charge in [-0.25, -0.2) is 0 Å². The summed E-state index contributed by atoms with van der Waals surface area (Å²) in [5.41, 5.74) is 0. The average Bonchev–Trinajstić information content (AvgIpc) is 2.34. The molecule has 6 heteroatoms. The van der Waals surface area contributed by atoms with E-state index in [9.17, 15) is 0 Å². The number of nitrogens with one attached hydrogen (secondary N) is 1. The van der Waals surface area contributed by atoms with Gasteiger partial charge in [0.15, 0.2) is 0 Å². The first-order valence-electron chi connectivity index (χ1n) is 5.66. The van der Waals surface area contributed by atoms with Crippen LogP contribution in [-0.2, 0) is 0 Å². The lowest BCUT2D eigenvalue weighted by Gasteiger charge is -2.08. The van der Waals surface area contributed by atoms with E-state index >= 15 is 0 Å². The maximum Gasteiger partial charge on any atom is 0.324 e. The second-order valence-corrected chi connectivity index (χ2v) is 3.18. The van der Waals surface area contributed by atoms with Gasteiger partial charge in [-0.2, -0.15) is 9.97 Å². The van der Waals surface area contributed by atoms with Crippen molar-refractivity contribution in [3.63, 3.8) is 0 Å². The number of anilines is 1. The van der Waals surface area contributed by atoms with Gasteiger partial charge >= 0.3 is 12.0 Å². The summed E-state index contributed by atoms with van der Waals surface area (Å²) in [6.45, 7) is 9.13. The molecule has 0 saturated heterocycles. The number of nitrogens with zero attached hydrogens (tertiary/aromatic N) is 3. The van der Waals surface area contributed by atoms with E-state index in [1.807, 2.05) is 6.92 Å². The molecule has 1 aromatic heterocycles. The van der Waals surface area contributed by atoms with Crippen molar-refractivity contribution in [3.05, 3.63) is 12.7 Å². The van der Waals surface area contributed by atoms with Gasteiger partial charge in [0.2, 0.25) is 5.95 Å². The molecule has 0 atom stereocenters. The lowest BCUT2D eigenvalue weighted by atomic mass is 10.5. The molecule has 0 spiro atoms. The molecular weight excluding hydrogens is 220 g/mol. The SMILES string of the molecule is C=CCOc1nc(NCCC)nc(OCC)n1. The number of hydrogen-bond acceptors (Lipinski definition) is 6. The van der Waals surface area contributed by atoms with Gasteiger partial charge in [-0.15, -0.1) is 4.98 Å². The Bertz CT molecular complexity index is 357. The van der Waals surface area contributed by atoms with E-state index in [-0.39, 0.29) is 12.0 Å². The van der Waals surface area contributed by atoms with Crippen LogP contribution in [0.5, 0.6) is 12.0 Å². The monoisotopic (exact) mass is 238 g/mol. The van der Waals surface area contributed by atoms with Crippen LogP contribution in [0.2, 0.25) is 0 Å². The Balaban J connectivity index is 2.79. The fraction of sp³-hybridized carbons (Fsp3) is 0.545. The van der Waals surface area contributed by atoms with Crippen molar-refractivity contribution >= 4 is 5.95 Å². The highest BCUT2D eigenvalue weighted by Gasteiger charge is 2.07. The molecule has 0 bridgehead atoms. The second-order valence-electron chi connectivity index (χ2n) is 3.18. The van der Waals surface area contributed by atoms with Crippen molar-refractivity contribution in [1.82, 2.24) is 15.0 Å². The third-order valence-electron chi connectivity index (χ3n) is 1.73. The summed E-state index contributed by atoms with van der Waals surface area (Å²) < 4.78 is 10.5. The molecule has 0 aliphatic carbocycles. The standard InChI is InChI=1S/C11H18N4O2/c1-4-7-12-9-13-10(16-6-3)15-11(14-9)17-8-5-2/h5H,2,4,6-8H2,1,3H3,(H,12,13,14,15). The van der Waals surface area contributed by atoms with Gasteiger partial charge in [0.1, 0.15) is 6.61 Å². The maximum absolute atomic E-state index is 5.26. The summed E-state index contributed by atoms with van der Waals surface area (Å²) in [6.07, 6.45) is 2.61. The summed E-state index contributed by atoms with van der Waals surface area (Å²) in [6, 6.07) is 0.502. The number of aromatic nitrogens is 3. The Labute approximate surface area is 101 Å². The summed E-state index contributed by atoms with van der Waals surface area (Å²) in [7, 11) is 0. The lowest BCUT2D eigenvalue weighted by Crippen LogP contribution is -2.09. The Morgan fingerprint density at radius 1 is 1.18 bits per heavy atom. The molecule has 17 heavy (non-hydrogen) atoms. The first kappa shape index (κ1) is 13.2. The Morgan fingerprint density at radius 2 is 1.88 bits per heavy atom. The van der Waals surface area contributed by atoms with Gasteiger partial charge in [0.25, 0.3) is 0 Å². The molecule has 6 nitrogen and oxygen atoms in total. The molecular formula is C11H18N4O2. The van der Waals surface area contributed by atoms with Gasteiger partial charge in [-0.05, 0) is 13.3 Å². The first-order valence-corrected chi connectivity index (χ1v) is 5.66. The van der Waals surface area contributed by atoms with E-state index in [0.717, 1.165) is 13.0 Å². The van der Waals surface area contributed by atoms with Crippen LogP contribution < -0.4 is 14.8 Å². The fourth-order valence-electron chi connectivity index (χ4n) is 1.05. The van der Waals surface area contributed by atoms with Crippen molar-refractivity contribution in [1.29, 1.82) is 0 Å². The molecule has 0 saturated carbocycles. The van der Waals surface area contributed by atoms with Crippen LogP contribution in [0, 0.1) is 0 Å². The number of hydrogen-bond donors (Lipinski definition) is 1. The van der Waals surface area contributed by atoms with Gasteiger partial charge in [0, 0.05) is 6.54 Å². The number of ether oxygens (including phenoxy) is 2. The smallest absolute Gasteiger partial charge is 0.324 e. The van der Waals surface area contributed by atoms with Gasteiger partial charge in [0.05, 0.1) is 6.61 Å². The lowest BCUT2D eigenvalue weighted by molar-refractivity contribution is 0.288. The molecule has 0 aliphatic heterocycles. The van der Waals surface area contributed by atoms with Gasteiger partial charge in [-0.1, -0.05) is 19.6 Å². The molecule has 0 aliphatic rings. The summed E-state index contributed by atoms with van der Waals surface area (Å²) >= 11 is 0. The summed E-state index contributed by atoms with van der Waals surface area (Å²) in [5.74, 6) is 0.462. The molecule has 0 amide bonds. The van der Waals surface area contributed by atoms with E-state index in [1.165, 1.54) is 0 Å². The van der Waals surface area contributed by atoms with Gasteiger partial charge in [-0.3, -0.25) is 0 Å². The summed E-state index contributed by atoms with van der Waals surface area (Å²) in [5, 5.41) is 3.06. The molecule has 0 aromatic carbocycles. The van der Waals surface area contributed by atoms with Crippen LogP contribution in [0.25, 0.3) is 0 Å². The Kier molecular flexibility index (Phi) is 5.77. The van der Waals surface area contributed by atoms with Crippen LogP contribution in [-0.4, -0.2) is 34.7 Å². The van der Waals surface area contributed by atoms with Crippen LogP contribution in [0.15, 0.2) is 12.7 Å². The quantitative estimate of drug-likeness (QED) is 0.694. The highest BCUT2D eigenvalue weighted by Crippen LogP contribution is 2.12. The zero-order valence-corrected chi connectivity index (χ0v) is 10.3. The molecule has 0 unspecified atom stereocenters. The van der Waals surface area contributed by atoms with Crippen LogP contribution >= 0.6 is 0 Å². The highest BCUT2D eigenvalue weighted by molar-refractivity contribution is 5.27. The van der Waals surface area contributed by atoms with Crippen molar-refractivity contribution in [3.8, 4) is 12.0 Å². The van der Waals surface area contributed by atoms with Crippen molar-refractivity contribution in [2.75, 3.05) is 25.1 Å². The summed E-state index contributed by atoms with van der Waals surface area (Å²) in [4.78, 5) is 12.2. The minimum Gasteiger partial charge on any atom is -0.464 e. The molecule has 94 valence electrons. The topological polar surface area (TPSA) is 69.2 Å². The zero-order valence-electron chi connectivity index (χ0n) is 10.3. The number of rotatable bonds is 8. The fourth-order valence-corrected chi connectivity index (χ4v) is 1.05. The van der Waals surface area contributed by atoms with E-state index in [4.69, 9.17) is 9.47 Å². The average molecular weight is 238 g/mol. The molecule has 1 heterocycles. The Morgan fingerprint density at radius 3 is 2.47 bits per heavy atom. The minimum absolute atomic E-state index is 0.238. The van der Waals surface area contributed by atoms with E-state index in [0.29, 0.717) is 19.2 Å². The normalized spacial score (nSPS) is 9.76. The minimum atomic E-state index is 0.238.